The van der Waals surface area contributed by atoms with Gasteiger partial charge in [-0.2, -0.15) is 0 Å². The number of ketones is 1. The molecule has 264 valence electrons. The van der Waals surface area contributed by atoms with Crippen LogP contribution in [0.1, 0.15) is 68.1 Å². The van der Waals surface area contributed by atoms with Gasteiger partial charge in [0.2, 0.25) is 0 Å². The number of phenolic OH excluding ortho intramolecular Hbond substituents is 1. The van der Waals surface area contributed by atoms with Crippen molar-refractivity contribution in [3.8, 4) is 17.2 Å². The minimum absolute atomic E-state index is 0.0133. The lowest BCUT2D eigenvalue weighted by molar-refractivity contribution is -0.121. The molecule has 0 saturated heterocycles. The van der Waals surface area contributed by atoms with Crippen molar-refractivity contribution in [3.63, 3.8) is 0 Å². The zero-order valence-electron chi connectivity index (χ0n) is 29.0. The molecule has 7 heteroatoms. The Labute approximate surface area is 295 Å². The fourth-order valence-electron chi connectivity index (χ4n) is 6.84. The van der Waals surface area contributed by atoms with Gasteiger partial charge in [0.25, 0.3) is 0 Å². The van der Waals surface area contributed by atoms with Gasteiger partial charge in [0.15, 0.2) is 11.5 Å². The van der Waals surface area contributed by atoms with E-state index in [1.54, 1.807) is 19.2 Å². The highest BCUT2D eigenvalue weighted by Gasteiger charge is 2.27. The summed E-state index contributed by atoms with van der Waals surface area (Å²) in [5.74, 6) is 1.72. The minimum atomic E-state index is -0.809. The number of hydrogen-bond donors (Lipinski definition) is 4. The van der Waals surface area contributed by atoms with Crippen molar-refractivity contribution >= 4 is 16.6 Å². The summed E-state index contributed by atoms with van der Waals surface area (Å²) in [4.78, 5) is 13.0. The van der Waals surface area contributed by atoms with E-state index in [0.29, 0.717) is 50.2 Å². The number of carbonyl (C=O) groups is 1. The largest absolute Gasteiger partial charge is 0.508 e. The Bertz CT molecular complexity index is 1760. The van der Waals surface area contributed by atoms with Crippen LogP contribution >= 0.6 is 0 Å². The predicted molar refractivity (Wildman–Crippen MR) is 198 cm³/mol. The summed E-state index contributed by atoms with van der Waals surface area (Å²) in [5.41, 5.74) is 4.09. The lowest BCUT2D eigenvalue weighted by Gasteiger charge is -2.29. The predicted octanol–water partition coefficient (Wildman–Crippen LogP) is 8.58. The van der Waals surface area contributed by atoms with Crippen LogP contribution in [0.15, 0.2) is 108 Å². The second kappa shape index (κ2) is 18.4. The summed E-state index contributed by atoms with van der Waals surface area (Å²) < 4.78 is 11.7. The monoisotopic (exact) mass is 678 g/mol. The number of ether oxygens (including phenoxy) is 2. The molecule has 0 saturated carbocycles. The molecule has 1 aliphatic rings. The zero-order chi connectivity index (χ0) is 35.3. The number of Topliss-reactive ketones (excluding diaryl/α,β-unsaturated/α-hetero) is 1. The molecule has 0 aliphatic heterocycles. The second-order valence-electron chi connectivity index (χ2n) is 13.4. The molecule has 4 aromatic rings. The molecule has 4 aromatic carbocycles. The molecule has 1 aliphatic carbocycles. The van der Waals surface area contributed by atoms with Crippen molar-refractivity contribution in [3.05, 3.63) is 125 Å². The normalized spacial score (nSPS) is 16.5. The van der Waals surface area contributed by atoms with Crippen molar-refractivity contribution in [1.29, 1.82) is 0 Å². The maximum Gasteiger partial charge on any atom is 0.161 e. The van der Waals surface area contributed by atoms with Gasteiger partial charge in [0, 0.05) is 19.4 Å². The van der Waals surface area contributed by atoms with Crippen LogP contribution in [0.5, 0.6) is 17.2 Å². The molecule has 50 heavy (non-hydrogen) atoms. The van der Waals surface area contributed by atoms with E-state index in [2.05, 4.69) is 30.3 Å². The van der Waals surface area contributed by atoms with Crippen molar-refractivity contribution in [2.24, 2.45) is 11.8 Å². The number of hydrogen-bond acceptors (Lipinski definition) is 7. The SMILES string of the molecule is COc1ccc(CCC(=O)C[C@@H](O)C[C@H]2C=C(O)C(CCCO)=C[C@@H]2CCCCc2ccccc2)cc1OCc1ccc2cc(O)ccc2c1. The number of rotatable bonds is 19. The Kier molecular flexibility index (Phi) is 13.5. The fourth-order valence-corrected chi connectivity index (χ4v) is 6.84. The Morgan fingerprint density at radius 1 is 0.760 bits per heavy atom. The standard InChI is InChI=1S/C43H50O7/c1-49-42-20-15-31(23-43(42)50-29-32-13-16-35-25-38(45)19-17-34(35)22-32)14-18-39(46)28-40(47)26-37-27-41(48)36(12-7-21-44)24-33(37)11-6-5-10-30-8-3-2-4-9-30/h2-4,8-9,13,15-17,19-20,22-25,27,33,37,40,44-45,47-48H,5-7,10-12,14,18,21,26,28-29H2,1H3/t33-,37-,40-/m0/s1. The van der Waals surface area contributed by atoms with Crippen molar-refractivity contribution in [2.45, 2.75) is 76.9 Å². The van der Waals surface area contributed by atoms with E-state index in [1.165, 1.54) is 5.56 Å². The third kappa shape index (κ3) is 10.7. The average molecular weight is 679 g/mol. The summed E-state index contributed by atoms with van der Waals surface area (Å²) >= 11 is 0. The topological polar surface area (TPSA) is 116 Å². The zero-order valence-corrected chi connectivity index (χ0v) is 29.0. The first-order valence-electron chi connectivity index (χ1n) is 17.8. The van der Waals surface area contributed by atoms with E-state index in [1.807, 2.05) is 54.6 Å². The van der Waals surface area contributed by atoms with E-state index in [4.69, 9.17) is 9.47 Å². The molecule has 0 fully saturated rings. The minimum Gasteiger partial charge on any atom is -0.508 e. The molecule has 7 nitrogen and oxygen atoms in total. The summed E-state index contributed by atoms with van der Waals surface area (Å²) in [7, 11) is 1.59. The van der Waals surface area contributed by atoms with Gasteiger partial charge in [0.1, 0.15) is 23.9 Å². The molecule has 0 amide bonds. The number of carbonyl (C=O) groups excluding carboxylic acids is 1. The Balaban J connectivity index is 1.13. The Morgan fingerprint density at radius 3 is 2.34 bits per heavy atom. The van der Waals surface area contributed by atoms with Crippen LogP contribution in [-0.2, 0) is 24.2 Å². The molecule has 0 unspecified atom stereocenters. The number of methoxy groups -OCH3 is 1. The molecule has 0 heterocycles. The first kappa shape index (κ1) is 36.7. The van der Waals surface area contributed by atoms with E-state index in [-0.39, 0.29) is 42.2 Å². The Morgan fingerprint density at radius 2 is 1.54 bits per heavy atom. The van der Waals surface area contributed by atoms with Crippen molar-refractivity contribution in [1.82, 2.24) is 0 Å². The van der Waals surface area contributed by atoms with Gasteiger partial charge in [0.05, 0.1) is 13.2 Å². The number of unbranched alkanes of at least 4 members (excludes halogenated alkanes) is 1. The van der Waals surface area contributed by atoms with Crippen LogP contribution in [-0.4, -0.2) is 46.0 Å². The fraction of sp³-hybridized carbons (Fsp3) is 0.372. The van der Waals surface area contributed by atoms with Gasteiger partial charge in [-0.1, -0.05) is 67.1 Å². The number of allylic oxidation sites excluding steroid dienone is 3. The van der Waals surface area contributed by atoms with Gasteiger partial charge in [-0.15, -0.1) is 0 Å². The second-order valence-corrected chi connectivity index (χ2v) is 13.4. The molecule has 0 bridgehead atoms. The lowest BCUT2D eigenvalue weighted by atomic mass is 9.77. The first-order valence-corrected chi connectivity index (χ1v) is 17.8. The highest BCUT2D eigenvalue weighted by atomic mass is 16.5. The quantitative estimate of drug-likeness (QED) is 0.0735. The summed E-state index contributed by atoms with van der Waals surface area (Å²) in [5, 5.41) is 42.8. The van der Waals surface area contributed by atoms with E-state index in [0.717, 1.165) is 53.2 Å². The molecule has 3 atom stereocenters. The third-order valence-electron chi connectivity index (χ3n) is 9.58. The molecule has 0 aromatic heterocycles. The van der Waals surface area contributed by atoms with Crippen LogP contribution in [0, 0.1) is 11.8 Å². The van der Waals surface area contributed by atoms with Crippen LogP contribution < -0.4 is 9.47 Å². The molecular formula is C43H50O7. The van der Waals surface area contributed by atoms with Gasteiger partial charge in [-0.3, -0.25) is 4.79 Å². The van der Waals surface area contributed by atoms with E-state index >= 15 is 0 Å². The number of phenols is 1. The Hall–Kier alpha value is -4.59. The number of aliphatic hydroxyl groups excluding tert-OH is 3. The highest BCUT2D eigenvalue weighted by Crippen LogP contribution is 2.36. The molecule has 0 spiro atoms. The van der Waals surface area contributed by atoms with Gasteiger partial charge in [-0.05, 0) is 126 Å². The third-order valence-corrected chi connectivity index (χ3v) is 9.58. The van der Waals surface area contributed by atoms with Crippen molar-refractivity contribution in [2.75, 3.05) is 13.7 Å². The van der Waals surface area contributed by atoms with Gasteiger partial charge in [-0.25, -0.2) is 0 Å². The van der Waals surface area contributed by atoms with Gasteiger partial charge >= 0.3 is 0 Å². The number of aliphatic hydroxyl groups is 3. The van der Waals surface area contributed by atoms with E-state index < -0.39 is 6.10 Å². The van der Waals surface area contributed by atoms with Crippen molar-refractivity contribution < 1.29 is 34.7 Å². The summed E-state index contributed by atoms with van der Waals surface area (Å²) in [6.45, 7) is 0.402. The smallest absolute Gasteiger partial charge is 0.161 e. The van der Waals surface area contributed by atoms with Crippen LogP contribution in [0.25, 0.3) is 10.8 Å². The maximum absolute atomic E-state index is 13.0. The molecular weight excluding hydrogens is 628 g/mol. The highest BCUT2D eigenvalue weighted by molar-refractivity contribution is 5.84. The molecule has 4 N–H and O–H groups in total. The van der Waals surface area contributed by atoms with Crippen LogP contribution in [0.2, 0.25) is 0 Å². The van der Waals surface area contributed by atoms with E-state index in [9.17, 15) is 25.2 Å². The average Bonchev–Trinajstić information content (AvgIpc) is 3.12. The number of aromatic hydroxyl groups is 1. The number of benzene rings is 4. The van der Waals surface area contributed by atoms with Gasteiger partial charge < -0.3 is 29.9 Å². The summed E-state index contributed by atoms with van der Waals surface area (Å²) in [6.07, 6.45) is 9.65. The lowest BCUT2D eigenvalue weighted by Crippen LogP contribution is -2.24. The number of aryl methyl sites for hydroxylation is 2. The van der Waals surface area contributed by atoms with Crippen LogP contribution in [0.4, 0.5) is 0 Å². The number of fused-ring (bicyclic) bond motifs is 1. The summed E-state index contributed by atoms with van der Waals surface area (Å²) in [6, 6.07) is 27.3. The maximum atomic E-state index is 13.0. The molecule has 0 radical (unpaired) electrons. The van der Waals surface area contributed by atoms with Crippen LogP contribution in [0.3, 0.4) is 0 Å². The first-order chi connectivity index (χ1) is 24.3. The molecule has 5 rings (SSSR count).